The monoisotopic (exact) mass is 193 g/mol. The van der Waals surface area contributed by atoms with Crippen molar-refractivity contribution in [3.8, 4) is 11.4 Å². The summed E-state index contributed by atoms with van der Waals surface area (Å²) in [6.07, 6.45) is 2.77. The van der Waals surface area contributed by atoms with E-state index in [0.29, 0.717) is 6.54 Å². The molecule has 3 N–H and O–H groups in total. The minimum atomic E-state index is 0.664. The lowest BCUT2D eigenvalue weighted by Gasteiger charge is -1.90. The number of nitrogens with zero attached hydrogens (tertiary/aromatic N) is 1. The molecule has 0 aliphatic carbocycles. The van der Waals surface area contributed by atoms with Gasteiger partial charge < -0.3 is 10.7 Å². The number of aromatic amines is 1. The molecule has 0 aromatic carbocycles. The zero-order chi connectivity index (χ0) is 9.10. The lowest BCUT2D eigenvalue weighted by atomic mass is 10.3. The van der Waals surface area contributed by atoms with Crippen LogP contribution in [0.5, 0.6) is 0 Å². The van der Waals surface area contributed by atoms with Crippen molar-refractivity contribution >= 4 is 11.3 Å². The van der Waals surface area contributed by atoms with Gasteiger partial charge in [0.25, 0.3) is 0 Å². The summed E-state index contributed by atoms with van der Waals surface area (Å²) in [5, 5.41) is 3.16. The fourth-order valence-corrected chi connectivity index (χ4v) is 1.98. The number of thiazole rings is 1. The minimum absolute atomic E-state index is 0.664. The van der Waals surface area contributed by atoms with Crippen molar-refractivity contribution in [1.82, 2.24) is 9.97 Å². The van der Waals surface area contributed by atoms with Crippen LogP contribution >= 0.6 is 11.3 Å². The Bertz CT molecular complexity index is 364. The van der Waals surface area contributed by atoms with Crippen LogP contribution in [-0.4, -0.2) is 16.5 Å². The number of nitrogens with one attached hydrogen (secondary N) is 1. The molecule has 4 heteroatoms. The van der Waals surface area contributed by atoms with E-state index in [9.17, 15) is 0 Å². The van der Waals surface area contributed by atoms with Crippen molar-refractivity contribution in [2.75, 3.05) is 6.54 Å². The molecule has 0 amide bonds. The average molecular weight is 193 g/mol. The lowest BCUT2D eigenvalue weighted by molar-refractivity contribution is 0.953. The molecule has 0 bridgehead atoms. The molecule has 3 nitrogen and oxygen atoms in total. The molecular formula is C9H11N3S. The van der Waals surface area contributed by atoms with Crippen LogP contribution in [0.1, 0.15) is 5.01 Å². The summed E-state index contributed by atoms with van der Waals surface area (Å²) >= 11 is 1.66. The molecule has 0 fully saturated rings. The predicted octanol–water partition coefficient (Wildman–Crippen LogP) is 1.64. The van der Waals surface area contributed by atoms with Crippen LogP contribution in [-0.2, 0) is 6.42 Å². The molecule has 2 aromatic heterocycles. The maximum absolute atomic E-state index is 5.45. The molecule has 0 unspecified atom stereocenters. The quantitative estimate of drug-likeness (QED) is 0.778. The first-order chi connectivity index (χ1) is 6.40. The molecule has 0 atom stereocenters. The van der Waals surface area contributed by atoms with Crippen molar-refractivity contribution in [3.63, 3.8) is 0 Å². The summed E-state index contributed by atoms with van der Waals surface area (Å²) in [7, 11) is 0. The van der Waals surface area contributed by atoms with Crippen LogP contribution < -0.4 is 5.73 Å². The van der Waals surface area contributed by atoms with Crippen molar-refractivity contribution in [2.24, 2.45) is 5.73 Å². The Balaban J connectivity index is 2.23. The van der Waals surface area contributed by atoms with E-state index < -0.39 is 0 Å². The fourth-order valence-electron chi connectivity index (χ4n) is 1.16. The van der Waals surface area contributed by atoms with Gasteiger partial charge in [-0.25, -0.2) is 4.98 Å². The Morgan fingerprint density at radius 1 is 1.54 bits per heavy atom. The van der Waals surface area contributed by atoms with Gasteiger partial charge in [-0.1, -0.05) is 0 Å². The van der Waals surface area contributed by atoms with Crippen molar-refractivity contribution in [3.05, 3.63) is 28.7 Å². The van der Waals surface area contributed by atoms with E-state index in [2.05, 4.69) is 15.3 Å². The molecule has 13 heavy (non-hydrogen) atoms. The first-order valence-electron chi connectivity index (χ1n) is 4.18. The maximum atomic E-state index is 5.45. The van der Waals surface area contributed by atoms with Gasteiger partial charge in [-0.15, -0.1) is 11.3 Å². The molecule has 2 heterocycles. The number of hydrogen-bond acceptors (Lipinski definition) is 3. The zero-order valence-electron chi connectivity index (χ0n) is 7.16. The van der Waals surface area contributed by atoms with Gasteiger partial charge >= 0.3 is 0 Å². The Labute approximate surface area is 80.6 Å². The predicted molar refractivity (Wildman–Crippen MR) is 54.7 cm³/mol. The van der Waals surface area contributed by atoms with Crippen LogP contribution in [0.3, 0.4) is 0 Å². The molecule has 0 aliphatic heterocycles. The van der Waals surface area contributed by atoms with Gasteiger partial charge in [0.1, 0.15) is 0 Å². The van der Waals surface area contributed by atoms with Crippen molar-refractivity contribution < 1.29 is 0 Å². The van der Waals surface area contributed by atoms with E-state index in [1.165, 1.54) is 0 Å². The van der Waals surface area contributed by atoms with Crippen molar-refractivity contribution in [2.45, 2.75) is 6.42 Å². The van der Waals surface area contributed by atoms with Gasteiger partial charge in [0.2, 0.25) is 0 Å². The fraction of sp³-hybridized carbons (Fsp3) is 0.222. The molecule has 0 radical (unpaired) electrons. The van der Waals surface area contributed by atoms with E-state index in [-0.39, 0.29) is 0 Å². The first kappa shape index (κ1) is 8.47. The third-order valence-electron chi connectivity index (χ3n) is 1.78. The highest BCUT2D eigenvalue weighted by Gasteiger charge is 2.03. The summed E-state index contributed by atoms with van der Waals surface area (Å²) in [6, 6.07) is 3.98. The molecular weight excluding hydrogens is 182 g/mol. The van der Waals surface area contributed by atoms with Gasteiger partial charge in [0, 0.05) is 18.0 Å². The highest BCUT2D eigenvalue weighted by atomic mass is 32.1. The zero-order valence-corrected chi connectivity index (χ0v) is 7.97. The Morgan fingerprint density at radius 3 is 3.15 bits per heavy atom. The summed E-state index contributed by atoms with van der Waals surface area (Å²) in [5.74, 6) is 0. The van der Waals surface area contributed by atoms with E-state index in [4.69, 9.17) is 5.73 Å². The highest BCUT2D eigenvalue weighted by molar-refractivity contribution is 7.09. The Hall–Kier alpha value is -1.13. The van der Waals surface area contributed by atoms with E-state index in [1.807, 2.05) is 18.3 Å². The first-order valence-corrected chi connectivity index (χ1v) is 5.06. The third-order valence-corrected chi connectivity index (χ3v) is 2.69. The third kappa shape index (κ3) is 1.79. The molecule has 0 saturated heterocycles. The van der Waals surface area contributed by atoms with Crippen LogP contribution in [0.2, 0.25) is 0 Å². The van der Waals surface area contributed by atoms with Crippen LogP contribution in [0, 0.1) is 0 Å². The van der Waals surface area contributed by atoms with Crippen LogP contribution in [0.4, 0.5) is 0 Å². The number of aromatic nitrogens is 2. The lowest BCUT2D eigenvalue weighted by Crippen LogP contribution is -2.01. The summed E-state index contributed by atoms with van der Waals surface area (Å²) in [6.45, 7) is 0.664. The molecule has 0 saturated carbocycles. The standard InChI is InChI=1S/C9H11N3S/c10-4-3-9-12-8(6-13-9)7-2-1-5-11-7/h1-2,5-6,11H,3-4,10H2. The molecule has 0 spiro atoms. The number of rotatable bonds is 3. The highest BCUT2D eigenvalue weighted by Crippen LogP contribution is 2.19. The van der Waals surface area contributed by atoms with Crippen molar-refractivity contribution in [1.29, 1.82) is 0 Å². The van der Waals surface area contributed by atoms with Gasteiger partial charge in [-0.3, -0.25) is 0 Å². The smallest absolute Gasteiger partial charge is 0.0976 e. The van der Waals surface area contributed by atoms with Gasteiger partial charge in [0.05, 0.1) is 16.4 Å². The van der Waals surface area contributed by atoms with E-state index in [0.717, 1.165) is 22.8 Å². The van der Waals surface area contributed by atoms with Gasteiger partial charge in [-0.05, 0) is 18.7 Å². The molecule has 0 aliphatic rings. The van der Waals surface area contributed by atoms with E-state index in [1.54, 1.807) is 11.3 Å². The normalized spacial score (nSPS) is 10.5. The summed E-state index contributed by atoms with van der Waals surface area (Å²) in [4.78, 5) is 7.57. The Kier molecular flexibility index (Phi) is 2.42. The second-order valence-electron chi connectivity index (χ2n) is 2.75. The molecule has 2 rings (SSSR count). The number of H-pyrrole nitrogens is 1. The molecule has 68 valence electrons. The average Bonchev–Trinajstić information content (AvgIpc) is 2.70. The second kappa shape index (κ2) is 3.72. The van der Waals surface area contributed by atoms with Crippen LogP contribution in [0.15, 0.2) is 23.7 Å². The minimum Gasteiger partial charge on any atom is -0.360 e. The largest absolute Gasteiger partial charge is 0.360 e. The summed E-state index contributed by atoms with van der Waals surface area (Å²) in [5.41, 5.74) is 7.53. The second-order valence-corrected chi connectivity index (χ2v) is 3.69. The van der Waals surface area contributed by atoms with E-state index >= 15 is 0 Å². The molecule has 2 aromatic rings. The van der Waals surface area contributed by atoms with Gasteiger partial charge in [0.15, 0.2) is 0 Å². The topological polar surface area (TPSA) is 54.7 Å². The Morgan fingerprint density at radius 2 is 2.46 bits per heavy atom. The maximum Gasteiger partial charge on any atom is 0.0976 e. The number of hydrogen-bond donors (Lipinski definition) is 2. The summed E-state index contributed by atoms with van der Waals surface area (Å²) < 4.78 is 0. The SMILES string of the molecule is NCCc1nc(-c2ccc[nH]2)cs1. The number of nitrogens with two attached hydrogens (primary N) is 1. The van der Waals surface area contributed by atoms with Crippen LogP contribution in [0.25, 0.3) is 11.4 Å². The van der Waals surface area contributed by atoms with Gasteiger partial charge in [-0.2, -0.15) is 0 Å².